The fourth-order valence-electron chi connectivity index (χ4n) is 5.80. The minimum atomic E-state index is -4.71. The fourth-order valence-corrected chi connectivity index (χ4v) is 6.40. The van der Waals surface area contributed by atoms with E-state index in [-0.39, 0.29) is 40.9 Å². The Kier molecular flexibility index (Phi) is 6.88. The van der Waals surface area contributed by atoms with E-state index in [2.05, 4.69) is 6.92 Å². The zero-order valence-corrected chi connectivity index (χ0v) is 21.1. The molecule has 1 aromatic rings. The van der Waals surface area contributed by atoms with Crippen LogP contribution >= 0.6 is 0 Å². The van der Waals surface area contributed by atoms with Gasteiger partial charge in [-0.1, -0.05) is 12.5 Å². The number of benzene rings is 1. The van der Waals surface area contributed by atoms with Crippen LogP contribution in [0.15, 0.2) is 11.6 Å². The Morgan fingerprint density at radius 3 is 2.33 bits per heavy atom. The third kappa shape index (κ3) is 3.80. The van der Waals surface area contributed by atoms with E-state index in [1.54, 1.807) is 21.3 Å². The summed E-state index contributed by atoms with van der Waals surface area (Å²) in [4.78, 5) is 0. The largest absolute Gasteiger partial charge is 1.00 e. The summed E-state index contributed by atoms with van der Waals surface area (Å²) in [6.45, 7) is 2.06. The summed E-state index contributed by atoms with van der Waals surface area (Å²) in [6.07, 6.45) is 4.13. The number of hydrogen-bond acceptors (Lipinski definition) is 7. The number of rotatable bonds is 5. The molecule has 1 saturated carbocycles. The second-order valence-corrected chi connectivity index (χ2v) is 9.31. The molecule has 0 saturated heterocycles. The molecule has 0 heterocycles. The van der Waals surface area contributed by atoms with Gasteiger partial charge in [0.05, 0.1) is 27.4 Å². The summed E-state index contributed by atoms with van der Waals surface area (Å²) in [5.74, 6) is 2.17. The normalized spacial score (nSPS) is 27.5. The molecule has 7 nitrogen and oxygen atoms in total. The van der Waals surface area contributed by atoms with Crippen molar-refractivity contribution < 1.29 is 60.9 Å². The van der Waals surface area contributed by atoms with E-state index < -0.39 is 16.5 Å². The van der Waals surface area contributed by atoms with Gasteiger partial charge in [0.2, 0.25) is 16.1 Å². The summed E-state index contributed by atoms with van der Waals surface area (Å²) in [5.41, 5.74) is 4.56. The number of fused-ring (bicyclic) bond motifs is 4. The van der Waals surface area contributed by atoms with Crippen molar-refractivity contribution in [3.8, 4) is 17.2 Å². The van der Waals surface area contributed by atoms with E-state index in [9.17, 15) is 13.0 Å². The molecule has 9 heteroatoms. The minimum Gasteiger partial charge on any atom is -0.726 e. The quantitative estimate of drug-likeness (QED) is 0.369. The zero-order valence-electron chi connectivity index (χ0n) is 18.2. The van der Waals surface area contributed by atoms with Crippen LogP contribution in [0, 0.1) is 11.3 Å². The Labute approximate surface area is 200 Å². The molecule has 0 unspecified atom stereocenters. The predicted molar refractivity (Wildman–Crippen MR) is 106 cm³/mol. The van der Waals surface area contributed by atoms with Gasteiger partial charge in [-0.3, -0.25) is 4.18 Å². The molecule has 1 aromatic carbocycles. The van der Waals surface area contributed by atoms with Gasteiger partial charge in [0.1, 0.15) is 0 Å². The standard InChI is InChI=1S/C21H28O7S.Na/c1-21-10-9-12-13(16(21)7-8-18(21)28-29(22,23)24)5-6-14-15(12)11-17(25-2)20(27-4)19(14)26-3;/h11,16,18H,5-10H2,1-4H3,(H,22,23,24);/q;+1/p-1/t16-,18-,21-;/m0./s1. The second-order valence-electron chi connectivity index (χ2n) is 8.30. The smallest absolute Gasteiger partial charge is 0.726 e. The van der Waals surface area contributed by atoms with Gasteiger partial charge in [-0.15, -0.1) is 0 Å². The van der Waals surface area contributed by atoms with Crippen molar-refractivity contribution in [2.24, 2.45) is 11.3 Å². The van der Waals surface area contributed by atoms with Gasteiger partial charge in [-0.2, -0.15) is 0 Å². The second kappa shape index (κ2) is 8.64. The Hall–Kier alpha value is -0.770. The number of methoxy groups -OCH3 is 3. The number of ether oxygens (including phenoxy) is 3. The average Bonchev–Trinajstić information content (AvgIpc) is 3.00. The predicted octanol–water partition coefficient (Wildman–Crippen LogP) is 0.472. The number of hydrogen-bond donors (Lipinski definition) is 0. The molecule has 30 heavy (non-hydrogen) atoms. The monoisotopic (exact) mass is 446 g/mol. The molecule has 0 aliphatic heterocycles. The third-order valence-electron chi connectivity index (χ3n) is 7.11. The van der Waals surface area contributed by atoms with E-state index in [0.717, 1.165) is 43.2 Å². The van der Waals surface area contributed by atoms with Crippen molar-refractivity contribution >= 4 is 16.0 Å². The van der Waals surface area contributed by atoms with Crippen molar-refractivity contribution in [2.75, 3.05) is 21.3 Å². The molecular formula is C21H27NaO7S. The van der Waals surface area contributed by atoms with Gasteiger partial charge in [0.15, 0.2) is 11.5 Å². The Bertz CT molecular complexity index is 972. The van der Waals surface area contributed by atoms with Gasteiger partial charge >= 0.3 is 29.6 Å². The SMILES string of the molecule is COc1cc2c(c(OC)c1OC)CCC1=C2CC[C@]2(C)[C@@H](OS(=O)(=O)[O-])CC[C@@H]12.[Na+]. The van der Waals surface area contributed by atoms with Crippen molar-refractivity contribution in [3.63, 3.8) is 0 Å². The maximum atomic E-state index is 11.2. The first-order valence-corrected chi connectivity index (χ1v) is 11.2. The summed E-state index contributed by atoms with van der Waals surface area (Å²) in [7, 11) is 0.147. The molecule has 1 fully saturated rings. The molecule has 3 aliphatic carbocycles. The third-order valence-corrected chi connectivity index (χ3v) is 7.58. The van der Waals surface area contributed by atoms with E-state index in [1.165, 1.54) is 11.1 Å². The molecule has 0 radical (unpaired) electrons. The van der Waals surface area contributed by atoms with Crippen molar-refractivity contribution in [1.29, 1.82) is 0 Å². The topological polar surface area (TPSA) is 94.1 Å². The van der Waals surface area contributed by atoms with Crippen molar-refractivity contribution in [2.45, 2.75) is 51.6 Å². The van der Waals surface area contributed by atoms with Gasteiger partial charge in [0.25, 0.3) is 0 Å². The molecule has 4 rings (SSSR count). The van der Waals surface area contributed by atoms with Crippen LogP contribution < -0.4 is 43.8 Å². The van der Waals surface area contributed by atoms with Gasteiger partial charge in [0, 0.05) is 11.0 Å². The van der Waals surface area contributed by atoms with Crippen LogP contribution in [0.25, 0.3) is 5.57 Å². The zero-order chi connectivity index (χ0) is 21.0. The van der Waals surface area contributed by atoms with Crippen LogP contribution in [0.3, 0.4) is 0 Å². The van der Waals surface area contributed by atoms with Crippen LogP contribution in [0.2, 0.25) is 0 Å². The van der Waals surface area contributed by atoms with E-state index >= 15 is 0 Å². The minimum absolute atomic E-state index is 0. The first kappa shape index (κ1) is 23.9. The van der Waals surface area contributed by atoms with Gasteiger partial charge < -0.3 is 18.8 Å². The van der Waals surface area contributed by atoms with Crippen LogP contribution in [0.5, 0.6) is 17.2 Å². The Morgan fingerprint density at radius 2 is 1.73 bits per heavy atom. The van der Waals surface area contributed by atoms with E-state index in [1.807, 2.05) is 6.07 Å². The molecule has 0 amide bonds. The maximum absolute atomic E-state index is 11.2. The molecule has 160 valence electrons. The first-order valence-electron chi connectivity index (χ1n) is 9.91. The first-order chi connectivity index (χ1) is 13.7. The number of allylic oxidation sites excluding steroid dienone is 2. The van der Waals surface area contributed by atoms with Gasteiger partial charge in [-0.25, -0.2) is 8.42 Å². The molecule has 0 spiro atoms. The summed E-state index contributed by atoms with van der Waals surface area (Å²) >= 11 is 0. The fraction of sp³-hybridized carbons (Fsp3) is 0.619. The summed E-state index contributed by atoms with van der Waals surface area (Å²) in [6, 6.07) is 2.03. The Morgan fingerprint density at radius 1 is 1.03 bits per heavy atom. The molecule has 0 aromatic heterocycles. The van der Waals surface area contributed by atoms with Crippen LogP contribution in [-0.2, 0) is 21.0 Å². The van der Waals surface area contributed by atoms with Crippen molar-refractivity contribution in [3.05, 3.63) is 22.8 Å². The van der Waals surface area contributed by atoms with Crippen LogP contribution in [-0.4, -0.2) is 40.4 Å². The molecule has 3 atom stereocenters. The molecular weight excluding hydrogens is 419 g/mol. The average molecular weight is 446 g/mol. The molecule has 0 bridgehead atoms. The van der Waals surface area contributed by atoms with Gasteiger partial charge in [-0.05, 0) is 61.6 Å². The van der Waals surface area contributed by atoms with Crippen LogP contribution in [0.4, 0.5) is 0 Å². The maximum Gasteiger partial charge on any atom is 1.00 e. The molecule has 3 aliphatic rings. The summed E-state index contributed by atoms with van der Waals surface area (Å²) in [5, 5.41) is 0. The van der Waals surface area contributed by atoms with Crippen LogP contribution in [0.1, 0.15) is 50.2 Å². The van der Waals surface area contributed by atoms with Crippen molar-refractivity contribution in [1.82, 2.24) is 0 Å². The Balaban J connectivity index is 0.00000256. The molecule has 0 N–H and O–H groups in total. The van der Waals surface area contributed by atoms with E-state index in [4.69, 9.17) is 18.4 Å². The summed E-state index contributed by atoms with van der Waals surface area (Å²) < 4.78 is 55.4. The van der Waals surface area contributed by atoms with E-state index in [0.29, 0.717) is 23.7 Å².